The number of nitrogens with one attached hydrogen (secondary N) is 3. The fraction of sp³-hybridized carbons (Fsp3) is 0.429. The van der Waals surface area contributed by atoms with Gasteiger partial charge in [-0.2, -0.15) is 13.2 Å². The number of nitrogens with zero attached hydrogens (tertiary/aromatic N) is 3. The van der Waals surface area contributed by atoms with Gasteiger partial charge in [-0.15, -0.1) is 22.9 Å². The van der Waals surface area contributed by atoms with Gasteiger partial charge < -0.3 is 25.3 Å². The van der Waals surface area contributed by atoms with Crippen LogP contribution in [0.25, 0.3) is 0 Å². The minimum absolute atomic E-state index is 0. The van der Waals surface area contributed by atoms with Crippen molar-refractivity contribution in [3.05, 3.63) is 11.1 Å². The molecule has 0 spiro atoms. The second-order valence-electron chi connectivity index (χ2n) is 6.16. The summed E-state index contributed by atoms with van der Waals surface area (Å²) in [6, 6.07) is -3.68. The predicted molar refractivity (Wildman–Crippen MR) is 106 cm³/mol. The molecule has 21 heteroatoms. The van der Waals surface area contributed by atoms with Crippen molar-refractivity contribution in [2.45, 2.75) is 18.3 Å². The minimum atomic E-state index is -5.48. The summed E-state index contributed by atoms with van der Waals surface area (Å²) >= 11 is 6.21. The van der Waals surface area contributed by atoms with E-state index in [4.69, 9.17) is 11.6 Å². The molecule has 1 aromatic rings. The zero-order chi connectivity index (χ0) is 25.8. The van der Waals surface area contributed by atoms with Crippen LogP contribution in [0.5, 0.6) is 0 Å². The first kappa shape index (κ1) is 31.0. The molecule has 2 atom stereocenters. The average molecular weight is 573 g/mol. The van der Waals surface area contributed by atoms with Gasteiger partial charge >= 0.3 is 41.6 Å². The Labute approximate surface area is 225 Å². The number of thiazole rings is 1. The van der Waals surface area contributed by atoms with Gasteiger partial charge in [0.15, 0.2) is 21.1 Å². The van der Waals surface area contributed by atoms with Gasteiger partial charge in [0.1, 0.15) is 24.7 Å². The molecule has 0 saturated carbocycles. The number of alkyl halides is 4. The smallest absolute Gasteiger partial charge is 0.731 e. The summed E-state index contributed by atoms with van der Waals surface area (Å²) in [7, 11) is -4.43. The molecule has 2 heterocycles. The van der Waals surface area contributed by atoms with E-state index in [0.717, 1.165) is 18.4 Å². The minimum Gasteiger partial charge on any atom is -0.731 e. The van der Waals surface area contributed by atoms with Crippen LogP contribution in [-0.2, 0) is 34.3 Å². The predicted octanol–water partition coefficient (Wildman–Crippen LogP) is -4.49. The van der Waals surface area contributed by atoms with Crippen molar-refractivity contribution in [1.29, 1.82) is 0 Å². The van der Waals surface area contributed by atoms with Gasteiger partial charge in [0, 0.05) is 11.9 Å². The Balaban J connectivity index is 0.00000612. The molecule has 1 saturated heterocycles. The van der Waals surface area contributed by atoms with Crippen LogP contribution in [0.15, 0.2) is 10.5 Å². The Kier molecular flexibility index (Phi) is 10.9. The maximum absolute atomic E-state index is 12.6. The molecule has 1 aromatic heterocycles. The van der Waals surface area contributed by atoms with Gasteiger partial charge in [0.05, 0.1) is 6.04 Å². The Morgan fingerprint density at radius 1 is 1.37 bits per heavy atom. The van der Waals surface area contributed by atoms with Crippen molar-refractivity contribution in [2.75, 3.05) is 24.9 Å². The first-order valence-electron chi connectivity index (χ1n) is 8.58. The Morgan fingerprint density at radius 3 is 2.51 bits per heavy atom. The maximum Gasteiger partial charge on any atom is 1.00 e. The van der Waals surface area contributed by atoms with Crippen LogP contribution in [-0.4, -0.2) is 89.4 Å². The van der Waals surface area contributed by atoms with E-state index in [9.17, 15) is 45.3 Å². The molecule has 0 bridgehead atoms. The number of carbonyl (C=O) groups is 4. The Bertz CT molecular complexity index is 1130. The van der Waals surface area contributed by atoms with E-state index in [2.05, 4.69) is 20.3 Å². The number of rotatable bonds is 9. The molecule has 0 radical (unpaired) electrons. The van der Waals surface area contributed by atoms with E-state index >= 15 is 0 Å². The summed E-state index contributed by atoms with van der Waals surface area (Å²) in [6.07, 6.45) is -5.33. The number of aromatic nitrogens is 1. The molecule has 2 rings (SSSR count). The molecule has 188 valence electrons. The maximum atomic E-state index is 12.6. The van der Waals surface area contributed by atoms with Crippen molar-refractivity contribution < 1.29 is 79.7 Å². The fourth-order valence-corrected chi connectivity index (χ4v) is 4.19. The number of hydrogen-bond donors (Lipinski definition) is 3. The van der Waals surface area contributed by atoms with E-state index < -0.39 is 64.4 Å². The van der Waals surface area contributed by atoms with E-state index in [0.29, 0.717) is 0 Å². The van der Waals surface area contributed by atoms with Crippen LogP contribution in [0.4, 0.5) is 18.3 Å². The Hall–Kier alpha value is -2.03. The largest absolute Gasteiger partial charge is 1.00 e. The molecule has 1 aliphatic heterocycles. The molecule has 4 amide bonds. The van der Waals surface area contributed by atoms with Crippen molar-refractivity contribution >= 4 is 67.7 Å². The summed E-state index contributed by atoms with van der Waals surface area (Å²) in [5.41, 5.74) is -0.740. The zero-order valence-corrected chi connectivity index (χ0v) is 22.0. The van der Waals surface area contributed by atoms with Crippen molar-refractivity contribution in [1.82, 2.24) is 19.9 Å². The van der Waals surface area contributed by atoms with Crippen molar-refractivity contribution in [3.63, 3.8) is 0 Å². The van der Waals surface area contributed by atoms with E-state index in [-0.39, 0.29) is 50.6 Å². The van der Waals surface area contributed by atoms with Crippen LogP contribution in [0.2, 0.25) is 0 Å². The number of hydrogen-bond acceptors (Lipinski definition) is 11. The summed E-state index contributed by atoms with van der Waals surface area (Å²) in [4.78, 5) is 55.6. The van der Waals surface area contributed by atoms with Crippen molar-refractivity contribution in [3.8, 4) is 0 Å². The van der Waals surface area contributed by atoms with Crippen LogP contribution in [0, 0.1) is 0 Å². The van der Waals surface area contributed by atoms with Crippen LogP contribution >= 0.6 is 22.9 Å². The van der Waals surface area contributed by atoms with Gasteiger partial charge in [-0.25, -0.2) is 17.7 Å². The first-order chi connectivity index (χ1) is 15.7. The normalized spacial score (nSPS) is 18.2. The quantitative estimate of drug-likeness (QED) is 0.0651. The molecule has 1 aliphatic rings. The van der Waals surface area contributed by atoms with Gasteiger partial charge in [0.2, 0.25) is 5.91 Å². The monoisotopic (exact) mass is 572 g/mol. The molecular formula is C14H13ClF3N6NaO8S2. The van der Waals surface area contributed by atoms with Gasteiger partial charge in [-0.05, 0) is 0 Å². The van der Waals surface area contributed by atoms with Gasteiger partial charge in [0.25, 0.3) is 11.8 Å². The summed E-state index contributed by atoms with van der Waals surface area (Å²) in [6.45, 7) is -1.13. The molecule has 0 unspecified atom stereocenters. The second kappa shape index (κ2) is 12.3. The van der Waals surface area contributed by atoms with Crippen LogP contribution in [0.3, 0.4) is 0 Å². The fourth-order valence-electron chi connectivity index (χ4n) is 2.55. The number of oxime groups is 1. The second-order valence-corrected chi connectivity index (χ2v) is 8.53. The summed E-state index contributed by atoms with van der Waals surface area (Å²) in [5, 5.41) is 10.3. The molecule has 1 fully saturated rings. The molecule has 35 heavy (non-hydrogen) atoms. The number of β-lactam (4-membered cyclic amide) rings is 1. The third-order valence-electron chi connectivity index (χ3n) is 3.94. The number of halogens is 4. The molecular weight excluding hydrogens is 560 g/mol. The zero-order valence-electron chi connectivity index (χ0n) is 17.6. The third-order valence-corrected chi connectivity index (χ3v) is 5.87. The number of anilines is 1. The molecule has 3 N–H and O–H groups in total. The van der Waals surface area contributed by atoms with E-state index in [1.807, 2.05) is 5.32 Å². The standard InChI is InChI=1S/C14H14ClF3N6O8S2.Na/c1-32-23-8(5-4-33-13(20-5)21-7(25)2-15)10(26)22-9-6(3-19-12(28)14(16,17)18)24(11(9)27)34(29,30)31;/h4,6,9H,2-3H2,1H3,(H,19,28)(H,22,26)(H,20,21,25)(H,29,30,31);/q;+1/p-1/t6-,9+;/m0./s1. The van der Waals surface area contributed by atoms with Crippen molar-refractivity contribution in [2.24, 2.45) is 5.16 Å². The van der Waals surface area contributed by atoms with Crippen LogP contribution < -0.4 is 45.5 Å². The van der Waals surface area contributed by atoms with E-state index in [1.165, 1.54) is 10.7 Å². The summed E-state index contributed by atoms with van der Waals surface area (Å²) < 4.78 is 70.8. The first-order valence-corrected chi connectivity index (χ1v) is 11.4. The summed E-state index contributed by atoms with van der Waals surface area (Å²) in [5.74, 6) is -6.12. The number of carbonyl (C=O) groups excluding carboxylic acids is 4. The topological polar surface area (TPSA) is 199 Å². The average Bonchev–Trinajstić information content (AvgIpc) is 3.18. The molecule has 14 nitrogen and oxygen atoms in total. The third kappa shape index (κ3) is 7.72. The SMILES string of the molecule is CON=C(C(=O)N[C@H]1C(=O)N(S(=O)(=O)[O-])[C@H]1CNC(=O)C(F)(F)F)c1csc(NC(=O)CCl)n1.[Na+]. The Morgan fingerprint density at radius 2 is 2.00 bits per heavy atom. The molecule has 0 aromatic carbocycles. The van der Waals surface area contributed by atoms with Gasteiger partial charge in [-0.1, -0.05) is 5.16 Å². The van der Waals surface area contributed by atoms with Crippen LogP contribution in [0.1, 0.15) is 5.69 Å². The van der Waals surface area contributed by atoms with Gasteiger partial charge in [-0.3, -0.25) is 19.2 Å². The molecule has 0 aliphatic carbocycles. The number of amides is 4. The van der Waals surface area contributed by atoms with E-state index in [1.54, 1.807) is 0 Å².